The van der Waals surface area contributed by atoms with E-state index in [4.69, 9.17) is 0 Å². The maximum Gasteiger partial charge on any atom is 0.242 e. The minimum Gasteiger partial charge on any atom is -0.354 e. The van der Waals surface area contributed by atoms with Gasteiger partial charge in [0, 0.05) is 17.6 Å². The average molecular weight is 435 g/mol. The molecule has 27 heavy (non-hydrogen) atoms. The third kappa shape index (κ3) is 6.47. The lowest BCUT2D eigenvalue weighted by Crippen LogP contribution is -2.48. The van der Waals surface area contributed by atoms with Gasteiger partial charge in [0.15, 0.2) is 0 Å². The second-order valence-electron chi connectivity index (χ2n) is 6.42. The fraction of sp³-hybridized carbons (Fsp3) is 0.333. The largest absolute Gasteiger partial charge is 0.354 e. The van der Waals surface area contributed by atoms with Crippen LogP contribution in [0.2, 0.25) is 0 Å². The van der Waals surface area contributed by atoms with E-state index in [-0.39, 0.29) is 24.1 Å². The molecular weight excluding hydrogens is 411 g/mol. The zero-order valence-electron chi connectivity index (χ0n) is 15.5. The van der Waals surface area contributed by atoms with Crippen molar-refractivity contribution >= 4 is 27.7 Å². The Morgan fingerprint density at radius 1 is 1.15 bits per heavy atom. The second-order valence-corrected chi connectivity index (χ2v) is 7.34. The number of rotatable bonds is 8. The highest BCUT2D eigenvalue weighted by Crippen LogP contribution is 2.16. The molecule has 0 spiro atoms. The molecule has 4 nitrogen and oxygen atoms in total. The van der Waals surface area contributed by atoms with Crippen LogP contribution in [0.15, 0.2) is 53.0 Å². The Balaban J connectivity index is 2.20. The number of nitrogens with zero attached hydrogens (tertiary/aromatic N) is 1. The molecule has 2 aromatic carbocycles. The van der Waals surface area contributed by atoms with Crippen molar-refractivity contribution in [3.63, 3.8) is 0 Å². The third-order valence-electron chi connectivity index (χ3n) is 4.23. The zero-order chi connectivity index (χ0) is 19.8. The Bertz CT molecular complexity index is 780. The molecule has 0 aliphatic rings. The van der Waals surface area contributed by atoms with E-state index in [9.17, 15) is 14.0 Å². The Labute approximate surface area is 167 Å². The zero-order valence-corrected chi connectivity index (χ0v) is 17.1. The van der Waals surface area contributed by atoms with E-state index >= 15 is 0 Å². The molecule has 1 N–H and O–H groups in total. The summed E-state index contributed by atoms with van der Waals surface area (Å²) in [5, 5.41) is 2.84. The monoisotopic (exact) mass is 434 g/mol. The number of carbonyl (C=O) groups is 2. The van der Waals surface area contributed by atoms with Crippen molar-refractivity contribution in [3.8, 4) is 0 Å². The van der Waals surface area contributed by atoms with E-state index in [1.165, 1.54) is 12.1 Å². The van der Waals surface area contributed by atoms with E-state index in [1.807, 2.05) is 31.2 Å². The molecule has 0 bridgehead atoms. The van der Waals surface area contributed by atoms with Crippen LogP contribution in [-0.4, -0.2) is 29.3 Å². The van der Waals surface area contributed by atoms with Crippen molar-refractivity contribution in [1.82, 2.24) is 10.2 Å². The molecule has 0 saturated heterocycles. The van der Waals surface area contributed by atoms with Crippen LogP contribution in [0.3, 0.4) is 0 Å². The Morgan fingerprint density at radius 3 is 2.48 bits per heavy atom. The molecule has 0 saturated carbocycles. The first-order valence-electron chi connectivity index (χ1n) is 8.96. The fourth-order valence-electron chi connectivity index (χ4n) is 2.69. The molecule has 2 amide bonds. The maximum absolute atomic E-state index is 13.1. The van der Waals surface area contributed by atoms with E-state index in [0.717, 1.165) is 16.5 Å². The lowest BCUT2D eigenvalue weighted by molar-refractivity contribution is -0.140. The Hall–Kier alpha value is -2.21. The summed E-state index contributed by atoms with van der Waals surface area (Å²) in [7, 11) is 0. The molecule has 1 atom stereocenters. The van der Waals surface area contributed by atoms with Gasteiger partial charge in [0.1, 0.15) is 11.9 Å². The van der Waals surface area contributed by atoms with Gasteiger partial charge in [0.2, 0.25) is 11.8 Å². The van der Waals surface area contributed by atoms with Crippen LogP contribution in [0.1, 0.15) is 31.4 Å². The summed E-state index contributed by atoms with van der Waals surface area (Å²) in [5.41, 5.74) is 1.63. The predicted molar refractivity (Wildman–Crippen MR) is 108 cm³/mol. The van der Waals surface area contributed by atoms with Crippen LogP contribution >= 0.6 is 15.9 Å². The summed E-state index contributed by atoms with van der Waals surface area (Å²) >= 11 is 3.43. The van der Waals surface area contributed by atoms with Crippen LogP contribution in [0.4, 0.5) is 4.39 Å². The number of carbonyl (C=O) groups excluding carboxylic acids is 2. The summed E-state index contributed by atoms with van der Waals surface area (Å²) < 4.78 is 14.0. The first-order chi connectivity index (χ1) is 12.9. The van der Waals surface area contributed by atoms with Crippen LogP contribution in [0, 0.1) is 5.82 Å². The quantitative estimate of drug-likeness (QED) is 0.680. The number of amides is 2. The van der Waals surface area contributed by atoms with Crippen molar-refractivity contribution in [2.45, 2.75) is 39.3 Å². The van der Waals surface area contributed by atoms with E-state index < -0.39 is 6.04 Å². The maximum atomic E-state index is 13.1. The van der Waals surface area contributed by atoms with Gasteiger partial charge in [-0.3, -0.25) is 9.59 Å². The number of nitrogens with one attached hydrogen (secondary N) is 1. The van der Waals surface area contributed by atoms with Gasteiger partial charge in [-0.15, -0.1) is 0 Å². The molecule has 0 aliphatic carbocycles. The molecule has 1 unspecified atom stereocenters. The topological polar surface area (TPSA) is 49.4 Å². The number of hydrogen-bond acceptors (Lipinski definition) is 2. The lowest BCUT2D eigenvalue weighted by atomic mass is 10.1. The third-order valence-corrected chi connectivity index (χ3v) is 4.72. The number of halogens is 2. The standard InChI is InChI=1S/C21H24BrFN2O2/c1-3-11-24-21(27)15(2)25(14-17-5-4-6-18(22)12-17)20(26)13-16-7-9-19(23)10-8-16/h4-10,12,15H,3,11,13-14H2,1-2H3,(H,24,27). The highest BCUT2D eigenvalue weighted by atomic mass is 79.9. The fourth-order valence-corrected chi connectivity index (χ4v) is 3.14. The van der Waals surface area contributed by atoms with Crippen molar-refractivity contribution in [1.29, 1.82) is 0 Å². The first kappa shape index (κ1) is 21.1. The molecule has 0 aliphatic heterocycles. The summed E-state index contributed by atoms with van der Waals surface area (Å²) in [6.45, 7) is 4.59. The van der Waals surface area contributed by atoms with Crippen LogP contribution in [0.5, 0.6) is 0 Å². The molecule has 0 heterocycles. The van der Waals surface area contributed by atoms with E-state index in [2.05, 4.69) is 21.2 Å². The molecule has 0 fully saturated rings. The predicted octanol–water partition coefficient (Wildman–Crippen LogP) is 4.07. The van der Waals surface area contributed by atoms with Crippen molar-refractivity contribution in [2.75, 3.05) is 6.54 Å². The number of benzene rings is 2. The second kappa shape index (κ2) is 10.2. The summed E-state index contributed by atoms with van der Waals surface area (Å²) in [5.74, 6) is -0.704. The van der Waals surface area contributed by atoms with Crippen molar-refractivity contribution < 1.29 is 14.0 Å². The van der Waals surface area contributed by atoms with Gasteiger partial charge < -0.3 is 10.2 Å². The average Bonchev–Trinajstić information content (AvgIpc) is 2.65. The molecule has 2 aromatic rings. The minimum atomic E-state index is -0.608. The number of hydrogen-bond donors (Lipinski definition) is 1. The molecule has 144 valence electrons. The van der Waals surface area contributed by atoms with E-state index in [1.54, 1.807) is 24.0 Å². The normalized spacial score (nSPS) is 11.7. The van der Waals surface area contributed by atoms with Crippen LogP contribution < -0.4 is 5.32 Å². The van der Waals surface area contributed by atoms with Gasteiger partial charge in [-0.2, -0.15) is 0 Å². The minimum absolute atomic E-state index is 0.111. The molecule has 6 heteroatoms. The van der Waals surface area contributed by atoms with Gasteiger partial charge >= 0.3 is 0 Å². The van der Waals surface area contributed by atoms with Crippen molar-refractivity contribution in [2.24, 2.45) is 0 Å². The first-order valence-corrected chi connectivity index (χ1v) is 9.76. The van der Waals surface area contributed by atoms with E-state index in [0.29, 0.717) is 18.7 Å². The summed E-state index contributed by atoms with van der Waals surface area (Å²) in [6, 6.07) is 12.9. The Kier molecular flexibility index (Phi) is 7.98. The van der Waals surface area contributed by atoms with Crippen LogP contribution in [0.25, 0.3) is 0 Å². The highest BCUT2D eigenvalue weighted by molar-refractivity contribution is 9.10. The van der Waals surface area contributed by atoms with Crippen molar-refractivity contribution in [3.05, 3.63) is 69.9 Å². The van der Waals surface area contributed by atoms with Gasteiger partial charge in [-0.25, -0.2) is 4.39 Å². The SMILES string of the molecule is CCCNC(=O)C(C)N(Cc1cccc(Br)c1)C(=O)Cc1ccc(F)cc1. The molecule has 2 rings (SSSR count). The molecule has 0 radical (unpaired) electrons. The Morgan fingerprint density at radius 2 is 1.85 bits per heavy atom. The summed E-state index contributed by atoms with van der Waals surface area (Å²) in [6.07, 6.45) is 0.938. The summed E-state index contributed by atoms with van der Waals surface area (Å²) in [4.78, 5) is 27.0. The molecular formula is C21H24BrFN2O2. The van der Waals surface area contributed by atoms with Gasteiger partial charge in [-0.1, -0.05) is 47.1 Å². The lowest BCUT2D eigenvalue weighted by Gasteiger charge is -2.29. The smallest absolute Gasteiger partial charge is 0.242 e. The highest BCUT2D eigenvalue weighted by Gasteiger charge is 2.26. The van der Waals surface area contributed by atoms with Gasteiger partial charge in [-0.05, 0) is 48.7 Å². The van der Waals surface area contributed by atoms with Gasteiger partial charge in [0.05, 0.1) is 6.42 Å². The molecule has 0 aromatic heterocycles. The van der Waals surface area contributed by atoms with Crippen LogP contribution in [-0.2, 0) is 22.6 Å². The van der Waals surface area contributed by atoms with Gasteiger partial charge in [0.25, 0.3) is 0 Å².